The van der Waals surface area contributed by atoms with E-state index in [1.165, 1.54) is 7.11 Å². The first-order chi connectivity index (χ1) is 15.9. The largest absolute Gasteiger partial charge is 0.468 e. The first kappa shape index (κ1) is 29.0. The molecule has 202 valence electrons. The van der Waals surface area contributed by atoms with Gasteiger partial charge in [-0.3, -0.25) is 4.79 Å². The van der Waals surface area contributed by atoms with Gasteiger partial charge in [0.1, 0.15) is 5.41 Å². The highest BCUT2D eigenvalue weighted by Crippen LogP contribution is 2.61. The number of hydrogen-bond acceptors (Lipinski definition) is 6. The van der Waals surface area contributed by atoms with Crippen molar-refractivity contribution in [2.45, 2.75) is 122 Å². The van der Waals surface area contributed by atoms with Crippen molar-refractivity contribution in [3.63, 3.8) is 0 Å². The number of esters is 1. The van der Waals surface area contributed by atoms with E-state index in [-0.39, 0.29) is 34.2 Å². The number of hydrogen-bond donors (Lipinski definition) is 0. The Morgan fingerprint density at radius 1 is 0.943 bits per heavy atom. The molecule has 1 aliphatic heterocycles. The number of carbonyl (C=O) groups excluding carboxylic acids is 1. The second-order valence-electron chi connectivity index (χ2n) is 13.8. The molecule has 0 radical (unpaired) electrons. The molecule has 0 amide bonds. The second-order valence-corrected chi connectivity index (χ2v) is 23.3. The van der Waals surface area contributed by atoms with E-state index in [0.717, 1.165) is 5.57 Å². The molecule has 1 saturated carbocycles. The van der Waals surface area contributed by atoms with Crippen LogP contribution in [0.4, 0.5) is 0 Å². The van der Waals surface area contributed by atoms with E-state index in [9.17, 15) is 4.79 Å². The van der Waals surface area contributed by atoms with Crippen LogP contribution in [0.25, 0.3) is 0 Å². The summed E-state index contributed by atoms with van der Waals surface area (Å²) in [5.41, 5.74) is 0.0669. The van der Waals surface area contributed by atoms with Gasteiger partial charge in [-0.1, -0.05) is 53.2 Å². The molecule has 0 bridgehead atoms. The topological polar surface area (TPSA) is 63.2 Å². The fourth-order valence-electron chi connectivity index (χ4n) is 5.69. The van der Waals surface area contributed by atoms with Crippen LogP contribution in [0.2, 0.25) is 36.3 Å². The molecule has 4 atom stereocenters. The lowest BCUT2D eigenvalue weighted by Gasteiger charge is -2.60. The zero-order valence-electron chi connectivity index (χ0n) is 24.3. The molecular weight excluding hydrogens is 476 g/mol. The van der Waals surface area contributed by atoms with Gasteiger partial charge < -0.3 is 23.1 Å². The monoisotopic (exact) mass is 526 g/mol. The molecule has 3 aliphatic rings. The first-order valence-corrected chi connectivity index (χ1v) is 19.1. The summed E-state index contributed by atoms with van der Waals surface area (Å²) in [5, 5.41) is 0.00312. The first-order valence-electron chi connectivity index (χ1n) is 13.2. The molecule has 0 unspecified atom stereocenters. The Labute approximate surface area is 215 Å². The van der Waals surface area contributed by atoms with Crippen LogP contribution in [0.1, 0.15) is 67.7 Å². The van der Waals surface area contributed by atoms with Crippen molar-refractivity contribution < 1.29 is 27.9 Å². The third kappa shape index (κ3) is 4.76. The van der Waals surface area contributed by atoms with Crippen LogP contribution in [-0.4, -0.2) is 60.9 Å². The summed E-state index contributed by atoms with van der Waals surface area (Å²) in [6, 6.07) is 0. The molecule has 1 spiro atoms. The van der Waals surface area contributed by atoms with E-state index < -0.39 is 27.8 Å². The van der Waals surface area contributed by atoms with Gasteiger partial charge in [-0.2, -0.15) is 0 Å². The van der Waals surface area contributed by atoms with Crippen LogP contribution in [0.15, 0.2) is 11.6 Å². The van der Waals surface area contributed by atoms with Crippen molar-refractivity contribution in [2.24, 2.45) is 11.3 Å². The second kappa shape index (κ2) is 9.35. The van der Waals surface area contributed by atoms with Crippen molar-refractivity contribution >= 4 is 22.6 Å². The van der Waals surface area contributed by atoms with Crippen molar-refractivity contribution in [3.05, 3.63) is 11.6 Å². The Balaban J connectivity index is 2.24. The smallest absolute Gasteiger partial charge is 0.317 e. The van der Waals surface area contributed by atoms with Crippen LogP contribution in [-0.2, 0) is 27.9 Å². The lowest BCUT2D eigenvalue weighted by molar-refractivity contribution is -0.272. The van der Waals surface area contributed by atoms with E-state index in [4.69, 9.17) is 23.1 Å². The molecule has 6 nitrogen and oxygen atoms in total. The van der Waals surface area contributed by atoms with Gasteiger partial charge in [0.2, 0.25) is 0 Å². The van der Waals surface area contributed by atoms with Gasteiger partial charge in [0.05, 0.1) is 38.4 Å². The molecule has 35 heavy (non-hydrogen) atoms. The summed E-state index contributed by atoms with van der Waals surface area (Å²) in [5.74, 6) is -1.44. The van der Waals surface area contributed by atoms with Crippen LogP contribution < -0.4 is 0 Å². The van der Waals surface area contributed by atoms with Crippen molar-refractivity contribution in [3.8, 4) is 0 Å². The minimum Gasteiger partial charge on any atom is -0.468 e. The Morgan fingerprint density at radius 2 is 1.43 bits per heavy atom. The highest BCUT2D eigenvalue weighted by Gasteiger charge is 2.71. The molecule has 0 aromatic rings. The van der Waals surface area contributed by atoms with Gasteiger partial charge in [-0.05, 0) is 56.0 Å². The lowest BCUT2D eigenvalue weighted by Crippen LogP contribution is -2.71. The molecule has 2 aliphatic carbocycles. The predicted octanol–water partition coefficient (Wildman–Crippen LogP) is 6.43. The standard InChI is InChI=1S/C27H50O6Si2/c1-19-13-14-20(32-34(9,10)24(2,3)4)27(23(28)29-8)21(33-35(11,12)25(5,6)7)15-16-26(22(19)27)30-17-18-31-26/h13,20-22H,14-18H2,1-12H3/t20-,21+,22+,27+/m1/s1. The maximum absolute atomic E-state index is 14.2. The molecule has 1 heterocycles. The average Bonchev–Trinajstić information content (AvgIpc) is 3.18. The summed E-state index contributed by atoms with van der Waals surface area (Å²) >= 11 is 0. The van der Waals surface area contributed by atoms with Gasteiger partial charge in [-0.25, -0.2) is 0 Å². The molecule has 3 rings (SSSR count). The van der Waals surface area contributed by atoms with E-state index in [0.29, 0.717) is 32.5 Å². The number of carbonyl (C=O) groups is 1. The van der Waals surface area contributed by atoms with Crippen molar-refractivity contribution in [1.82, 2.24) is 0 Å². The zero-order valence-corrected chi connectivity index (χ0v) is 26.3. The van der Waals surface area contributed by atoms with Crippen molar-refractivity contribution in [2.75, 3.05) is 20.3 Å². The summed E-state index contributed by atoms with van der Waals surface area (Å²) < 4.78 is 32.7. The third-order valence-corrected chi connectivity index (χ3v) is 18.6. The van der Waals surface area contributed by atoms with Gasteiger partial charge >= 0.3 is 5.97 Å². The molecule has 8 heteroatoms. The SMILES string of the molecule is COC(=O)[C@@]12[C@@H](O[Si](C)(C)C(C)(C)C)CCC3(OCCO3)[C@@H]1C(C)=CC[C@H]2O[Si](C)(C)C(C)(C)C. The Morgan fingerprint density at radius 3 is 1.89 bits per heavy atom. The summed E-state index contributed by atoms with van der Waals surface area (Å²) in [6.07, 6.45) is 3.53. The minimum atomic E-state index is -2.24. The maximum Gasteiger partial charge on any atom is 0.317 e. The molecule has 2 fully saturated rings. The van der Waals surface area contributed by atoms with E-state index in [1.54, 1.807) is 0 Å². The Bertz CT molecular complexity index is 832. The quantitative estimate of drug-likeness (QED) is 0.234. The normalized spacial score (nSPS) is 31.8. The van der Waals surface area contributed by atoms with Crippen molar-refractivity contribution in [1.29, 1.82) is 0 Å². The maximum atomic E-state index is 14.2. The van der Waals surface area contributed by atoms with E-state index in [2.05, 4.69) is 80.7 Å². The molecule has 0 N–H and O–H groups in total. The highest BCUT2D eigenvalue weighted by molar-refractivity contribution is 6.74. The number of ether oxygens (including phenoxy) is 3. The van der Waals surface area contributed by atoms with Gasteiger partial charge in [0, 0.05) is 6.42 Å². The minimum absolute atomic E-state index is 0.00148. The fraction of sp³-hybridized carbons (Fsp3) is 0.889. The van der Waals surface area contributed by atoms with Gasteiger partial charge in [-0.15, -0.1) is 0 Å². The molecule has 1 saturated heterocycles. The Hall–Kier alpha value is -0.516. The van der Waals surface area contributed by atoms with E-state index in [1.807, 2.05) is 0 Å². The molecule has 0 aromatic heterocycles. The van der Waals surface area contributed by atoms with Gasteiger partial charge in [0.25, 0.3) is 0 Å². The van der Waals surface area contributed by atoms with Crippen LogP contribution in [0.5, 0.6) is 0 Å². The molecular formula is C27H50O6Si2. The van der Waals surface area contributed by atoms with Crippen LogP contribution >= 0.6 is 0 Å². The third-order valence-electron chi connectivity index (χ3n) is 9.65. The molecule has 0 aromatic carbocycles. The number of methoxy groups -OCH3 is 1. The average molecular weight is 527 g/mol. The van der Waals surface area contributed by atoms with Crippen LogP contribution in [0, 0.1) is 11.3 Å². The predicted molar refractivity (Wildman–Crippen MR) is 144 cm³/mol. The highest BCUT2D eigenvalue weighted by atomic mass is 28.4. The number of rotatable bonds is 5. The lowest BCUT2D eigenvalue weighted by atomic mass is 9.54. The summed E-state index contributed by atoms with van der Waals surface area (Å²) in [6.45, 7) is 25.6. The Kier molecular flexibility index (Phi) is 7.76. The zero-order chi connectivity index (χ0) is 26.7. The summed E-state index contributed by atoms with van der Waals surface area (Å²) in [4.78, 5) is 14.2. The summed E-state index contributed by atoms with van der Waals surface area (Å²) in [7, 11) is -2.97. The van der Waals surface area contributed by atoms with Crippen LogP contribution in [0.3, 0.4) is 0 Å². The fourth-order valence-corrected chi connectivity index (χ4v) is 8.43. The number of fused-ring (bicyclic) bond motifs is 2. The van der Waals surface area contributed by atoms with E-state index >= 15 is 0 Å². The van der Waals surface area contributed by atoms with Gasteiger partial charge in [0.15, 0.2) is 22.4 Å².